The van der Waals surface area contributed by atoms with Crippen molar-refractivity contribution in [2.75, 3.05) is 5.32 Å². The van der Waals surface area contributed by atoms with E-state index in [1.807, 2.05) is 75.4 Å². The monoisotopic (exact) mass is 488 g/mol. The summed E-state index contributed by atoms with van der Waals surface area (Å²) in [6.07, 6.45) is 1.53. The van der Waals surface area contributed by atoms with Gasteiger partial charge in [0.15, 0.2) is 0 Å². The lowest BCUT2D eigenvalue weighted by atomic mass is 9.88. The molecule has 4 rings (SSSR count). The molecule has 0 heterocycles. The summed E-state index contributed by atoms with van der Waals surface area (Å²) < 4.78 is 5.62. The number of ether oxygens (including phenoxy) is 1. The Morgan fingerprint density at radius 3 is 2.29 bits per heavy atom. The standard InChI is InChI=1S/C29H32N2O3S/c1-29(2,3)34-28(33)31(25-16-13-22-11-7-8-12-23(22)19-25)27(32)30-24-14-17-26(18-15-24)35-20-21-9-5-4-6-10-21/h4-12,14-15,17-18,25H,13,16,19-20H2,1-3H3,(H,30,32). The Morgan fingerprint density at radius 2 is 1.60 bits per heavy atom. The number of hydrogen-bond donors (Lipinski definition) is 1. The number of nitrogens with zero attached hydrogens (tertiary/aromatic N) is 1. The molecule has 1 aliphatic carbocycles. The molecular formula is C29H32N2O3S. The molecule has 182 valence electrons. The number of carbonyl (C=O) groups excluding carboxylic acids is 2. The van der Waals surface area contributed by atoms with Gasteiger partial charge >= 0.3 is 12.1 Å². The SMILES string of the molecule is CC(C)(C)OC(=O)N(C(=O)Nc1ccc(SCc2ccccc2)cc1)C1CCc2ccccc2C1. The number of hydrogen-bond acceptors (Lipinski definition) is 4. The van der Waals surface area contributed by atoms with Crippen molar-refractivity contribution in [3.8, 4) is 0 Å². The zero-order valence-electron chi connectivity index (χ0n) is 20.5. The highest BCUT2D eigenvalue weighted by Gasteiger charge is 2.35. The molecule has 1 N–H and O–H groups in total. The molecule has 3 aromatic rings. The van der Waals surface area contributed by atoms with Crippen LogP contribution in [0.3, 0.4) is 0 Å². The average molecular weight is 489 g/mol. The Balaban J connectivity index is 1.45. The fourth-order valence-electron chi connectivity index (χ4n) is 4.17. The number of imide groups is 1. The summed E-state index contributed by atoms with van der Waals surface area (Å²) >= 11 is 1.74. The number of aryl methyl sites for hydroxylation is 1. The summed E-state index contributed by atoms with van der Waals surface area (Å²) in [5.74, 6) is 0.877. The number of rotatable bonds is 5. The van der Waals surface area contributed by atoms with Crippen LogP contribution in [0.25, 0.3) is 0 Å². The fourth-order valence-corrected chi connectivity index (χ4v) is 5.02. The summed E-state index contributed by atoms with van der Waals surface area (Å²) in [7, 11) is 0. The lowest BCUT2D eigenvalue weighted by Gasteiger charge is -2.34. The highest BCUT2D eigenvalue weighted by Crippen LogP contribution is 2.28. The van der Waals surface area contributed by atoms with Crippen molar-refractivity contribution in [1.29, 1.82) is 0 Å². The molecule has 0 fully saturated rings. The molecule has 0 bridgehead atoms. The van der Waals surface area contributed by atoms with E-state index in [1.165, 1.54) is 21.6 Å². The largest absolute Gasteiger partial charge is 0.443 e. The number of nitrogens with one attached hydrogen (secondary N) is 1. The normalized spacial score (nSPS) is 15.1. The summed E-state index contributed by atoms with van der Waals surface area (Å²) in [6, 6.07) is 25.5. The predicted octanol–water partition coefficient (Wildman–Crippen LogP) is 7.31. The minimum Gasteiger partial charge on any atom is -0.443 e. The summed E-state index contributed by atoms with van der Waals surface area (Å²) in [4.78, 5) is 28.8. The van der Waals surface area contributed by atoms with Gasteiger partial charge in [0.25, 0.3) is 0 Å². The van der Waals surface area contributed by atoms with Gasteiger partial charge in [-0.05, 0) is 81.0 Å². The third kappa shape index (κ3) is 6.89. The van der Waals surface area contributed by atoms with Gasteiger partial charge < -0.3 is 10.1 Å². The van der Waals surface area contributed by atoms with Crippen LogP contribution in [-0.2, 0) is 23.3 Å². The Hall–Kier alpha value is -3.25. The molecule has 1 unspecified atom stereocenters. The summed E-state index contributed by atoms with van der Waals surface area (Å²) in [5.41, 5.74) is 3.65. The van der Waals surface area contributed by atoms with Gasteiger partial charge in [-0.1, -0.05) is 54.6 Å². The molecule has 3 amide bonds. The average Bonchev–Trinajstić information content (AvgIpc) is 2.83. The van der Waals surface area contributed by atoms with Crippen LogP contribution in [0, 0.1) is 0 Å². The maximum Gasteiger partial charge on any atom is 0.418 e. The smallest absolute Gasteiger partial charge is 0.418 e. The fraction of sp³-hybridized carbons (Fsp3) is 0.310. The highest BCUT2D eigenvalue weighted by atomic mass is 32.2. The Kier molecular flexibility index (Phi) is 7.81. The Morgan fingerprint density at radius 1 is 0.943 bits per heavy atom. The van der Waals surface area contributed by atoms with E-state index in [0.29, 0.717) is 18.5 Å². The van der Waals surface area contributed by atoms with E-state index in [9.17, 15) is 9.59 Å². The summed E-state index contributed by atoms with van der Waals surface area (Å²) in [6.45, 7) is 5.43. The van der Waals surface area contributed by atoms with Crippen molar-refractivity contribution < 1.29 is 14.3 Å². The van der Waals surface area contributed by atoms with Gasteiger partial charge in [0.05, 0.1) is 0 Å². The van der Waals surface area contributed by atoms with Gasteiger partial charge in [0.2, 0.25) is 0 Å². The van der Waals surface area contributed by atoms with Gasteiger partial charge in [-0.25, -0.2) is 14.5 Å². The van der Waals surface area contributed by atoms with Gasteiger partial charge in [-0.2, -0.15) is 0 Å². The zero-order valence-corrected chi connectivity index (χ0v) is 21.3. The van der Waals surface area contributed by atoms with Crippen molar-refractivity contribution in [3.05, 3.63) is 95.6 Å². The first kappa shape index (κ1) is 24.9. The van der Waals surface area contributed by atoms with Gasteiger partial charge in [-0.15, -0.1) is 11.8 Å². The number of fused-ring (bicyclic) bond motifs is 1. The number of benzene rings is 3. The molecule has 6 heteroatoms. The minimum absolute atomic E-state index is 0.263. The molecule has 5 nitrogen and oxygen atoms in total. The molecule has 0 radical (unpaired) electrons. The Bertz CT molecular complexity index is 1160. The van der Waals surface area contributed by atoms with Crippen molar-refractivity contribution in [2.24, 2.45) is 0 Å². The topological polar surface area (TPSA) is 58.6 Å². The van der Waals surface area contributed by atoms with Gasteiger partial charge in [-0.3, -0.25) is 0 Å². The number of amides is 3. The third-order valence-corrected chi connectivity index (χ3v) is 6.93. The van der Waals surface area contributed by atoms with Gasteiger partial charge in [0, 0.05) is 22.4 Å². The van der Waals surface area contributed by atoms with Crippen molar-refractivity contribution in [2.45, 2.75) is 62.3 Å². The molecule has 0 aromatic heterocycles. The van der Waals surface area contributed by atoms with Crippen LogP contribution in [0.2, 0.25) is 0 Å². The van der Waals surface area contributed by atoms with E-state index in [1.54, 1.807) is 11.8 Å². The number of carbonyl (C=O) groups is 2. The maximum absolute atomic E-state index is 13.4. The van der Waals surface area contributed by atoms with E-state index in [2.05, 4.69) is 29.6 Å². The molecule has 3 aromatic carbocycles. The third-order valence-electron chi connectivity index (χ3n) is 5.85. The number of thioether (sulfide) groups is 1. The second-order valence-corrected chi connectivity index (χ2v) is 10.8. The lowest BCUT2D eigenvalue weighted by Crippen LogP contribution is -2.50. The van der Waals surface area contributed by atoms with E-state index in [-0.39, 0.29) is 6.04 Å². The van der Waals surface area contributed by atoms with E-state index in [0.717, 1.165) is 17.1 Å². The van der Waals surface area contributed by atoms with Crippen LogP contribution in [0.4, 0.5) is 15.3 Å². The first-order valence-corrected chi connectivity index (χ1v) is 12.9. The molecule has 35 heavy (non-hydrogen) atoms. The number of anilines is 1. The van der Waals surface area contributed by atoms with Crippen molar-refractivity contribution in [1.82, 2.24) is 4.90 Å². The van der Waals surface area contributed by atoms with Crippen LogP contribution < -0.4 is 5.32 Å². The van der Waals surface area contributed by atoms with E-state index < -0.39 is 17.7 Å². The van der Waals surface area contributed by atoms with Crippen LogP contribution in [0.15, 0.2) is 83.8 Å². The quantitative estimate of drug-likeness (QED) is 0.383. The predicted molar refractivity (Wildman–Crippen MR) is 142 cm³/mol. The van der Waals surface area contributed by atoms with Crippen LogP contribution >= 0.6 is 11.8 Å². The van der Waals surface area contributed by atoms with E-state index >= 15 is 0 Å². The molecule has 0 aliphatic heterocycles. The van der Waals surface area contributed by atoms with E-state index in [4.69, 9.17) is 4.74 Å². The molecule has 1 aliphatic rings. The summed E-state index contributed by atoms with van der Waals surface area (Å²) in [5, 5.41) is 2.91. The molecule has 0 spiro atoms. The van der Waals surface area contributed by atoms with Gasteiger partial charge in [0.1, 0.15) is 5.60 Å². The Labute approximate surface area is 211 Å². The van der Waals surface area contributed by atoms with Crippen LogP contribution in [0.1, 0.15) is 43.9 Å². The van der Waals surface area contributed by atoms with Crippen LogP contribution in [0.5, 0.6) is 0 Å². The van der Waals surface area contributed by atoms with Crippen LogP contribution in [-0.4, -0.2) is 28.7 Å². The van der Waals surface area contributed by atoms with Crippen molar-refractivity contribution >= 4 is 29.6 Å². The number of urea groups is 1. The molecule has 0 saturated carbocycles. The first-order valence-electron chi connectivity index (χ1n) is 12.0. The second kappa shape index (κ2) is 11.0. The zero-order chi connectivity index (χ0) is 24.8. The highest BCUT2D eigenvalue weighted by molar-refractivity contribution is 7.98. The molecular weight excluding hydrogens is 456 g/mol. The van der Waals surface area contributed by atoms with Crippen molar-refractivity contribution in [3.63, 3.8) is 0 Å². The lowest BCUT2D eigenvalue weighted by molar-refractivity contribution is 0.0255. The molecule has 1 atom stereocenters. The first-order chi connectivity index (χ1) is 16.8. The minimum atomic E-state index is -0.695. The second-order valence-electron chi connectivity index (χ2n) is 9.74. The maximum atomic E-state index is 13.4. The molecule has 0 saturated heterocycles.